The van der Waals surface area contributed by atoms with E-state index >= 15 is 0 Å². The molecular weight excluding hydrogens is 314 g/mol. The van der Waals surface area contributed by atoms with Crippen molar-refractivity contribution in [2.75, 3.05) is 4.72 Å². The molecule has 0 aromatic heterocycles. The number of sulfonamides is 1. The molecular formula is C8H7F4NO4S2. The summed E-state index contributed by atoms with van der Waals surface area (Å²) in [5.74, 6) is 0. The van der Waals surface area contributed by atoms with E-state index in [-0.39, 0.29) is 5.69 Å². The second kappa shape index (κ2) is 5.06. The minimum absolute atomic E-state index is 0.387. The van der Waals surface area contributed by atoms with Crippen LogP contribution in [0.1, 0.15) is 0 Å². The summed E-state index contributed by atoms with van der Waals surface area (Å²) in [6.07, 6.45) is 0. The molecule has 1 aromatic carbocycles. The van der Waals surface area contributed by atoms with Crippen molar-refractivity contribution in [1.82, 2.24) is 0 Å². The van der Waals surface area contributed by atoms with Crippen LogP contribution >= 0.6 is 0 Å². The summed E-state index contributed by atoms with van der Waals surface area (Å²) in [6.45, 7) is 0. The molecule has 0 saturated carbocycles. The number of alkyl halides is 4. The molecule has 11 heteroatoms. The molecule has 0 amide bonds. The van der Waals surface area contributed by atoms with Crippen LogP contribution in [-0.4, -0.2) is 27.7 Å². The third kappa shape index (κ3) is 2.87. The van der Waals surface area contributed by atoms with Gasteiger partial charge >= 0.3 is 20.5 Å². The Morgan fingerprint density at radius 3 is 2.00 bits per heavy atom. The van der Waals surface area contributed by atoms with Crippen LogP contribution in [0.15, 0.2) is 30.3 Å². The molecule has 0 saturated heterocycles. The van der Waals surface area contributed by atoms with Crippen LogP contribution in [-0.2, 0) is 21.1 Å². The predicted molar refractivity (Wildman–Crippen MR) is 59.6 cm³/mol. The normalized spacial score (nSPS) is 15.0. The first kappa shape index (κ1) is 15.9. The third-order valence-corrected chi connectivity index (χ3v) is 4.18. The van der Waals surface area contributed by atoms with Crippen LogP contribution in [0.3, 0.4) is 0 Å². The molecule has 0 spiro atoms. The average Bonchev–Trinajstić information content (AvgIpc) is 2.28. The molecule has 1 aromatic rings. The number of hydrogen-bond acceptors (Lipinski definition) is 3. The number of para-hydroxylation sites is 1. The summed E-state index contributed by atoms with van der Waals surface area (Å²) in [7, 11) is -5.90. The van der Waals surface area contributed by atoms with Crippen LogP contribution in [0.4, 0.5) is 23.2 Å². The summed E-state index contributed by atoms with van der Waals surface area (Å²) in [5, 5.41) is -11.4. The molecule has 5 nitrogen and oxygen atoms in total. The quantitative estimate of drug-likeness (QED) is 0.640. The van der Waals surface area contributed by atoms with Gasteiger partial charge in [0.15, 0.2) is 0 Å². The molecule has 0 radical (unpaired) electrons. The molecule has 0 aliphatic heterocycles. The summed E-state index contributed by atoms with van der Waals surface area (Å²) < 4.78 is 93.8. The standard InChI is InChI=1S/C8H7F4NO4S2/c9-7(10,18(14)15)8(11,12)19(16,17)13-6-4-2-1-3-5-6/h1-5,13H,(H,14,15). The van der Waals surface area contributed by atoms with E-state index < -0.39 is 31.6 Å². The van der Waals surface area contributed by atoms with Crippen molar-refractivity contribution >= 4 is 26.8 Å². The Morgan fingerprint density at radius 1 is 1.11 bits per heavy atom. The lowest BCUT2D eigenvalue weighted by Gasteiger charge is -2.23. The Morgan fingerprint density at radius 2 is 1.58 bits per heavy atom. The highest BCUT2D eigenvalue weighted by atomic mass is 32.2. The number of hydrogen-bond donors (Lipinski definition) is 2. The first-order chi connectivity index (χ1) is 8.52. The minimum Gasteiger partial charge on any atom is -0.301 e. The van der Waals surface area contributed by atoms with Gasteiger partial charge in [0.1, 0.15) is 0 Å². The Balaban J connectivity index is 3.16. The summed E-state index contributed by atoms with van der Waals surface area (Å²) in [4.78, 5) is 0. The summed E-state index contributed by atoms with van der Waals surface area (Å²) >= 11 is -4.35. The SMILES string of the molecule is O=S(O)C(F)(F)C(F)(F)S(=O)(=O)Nc1ccccc1. The highest BCUT2D eigenvalue weighted by Crippen LogP contribution is 2.41. The van der Waals surface area contributed by atoms with Crippen molar-refractivity contribution in [3.63, 3.8) is 0 Å². The van der Waals surface area contributed by atoms with E-state index in [1.54, 1.807) is 0 Å². The average molecular weight is 321 g/mol. The van der Waals surface area contributed by atoms with Gasteiger partial charge in [-0.1, -0.05) is 18.2 Å². The highest BCUT2D eigenvalue weighted by molar-refractivity contribution is 7.95. The van der Waals surface area contributed by atoms with Crippen molar-refractivity contribution in [2.45, 2.75) is 10.5 Å². The van der Waals surface area contributed by atoms with Crippen molar-refractivity contribution in [1.29, 1.82) is 0 Å². The third-order valence-electron chi connectivity index (χ3n) is 1.92. The lowest BCUT2D eigenvalue weighted by molar-refractivity contribution is -0.0968. The molecule has 1 rings (SSSR count). The van der Waals surface area contributed by atoms with E-state index in [9.17, 15) is 30.2 Å². The Hall–Kier alpha value is -1.20. The fraction of sp³-hybridized carbons (Fsp3) is 0.250. The largest absolute Gasteiger partial charge is 0.440 e. The van der Waals surface area contributed by atoms with Crippen molar-refractivity contribution < 1.29 is 34.7 Å². The molecule has 1 atom stereocenters. The smallest absolute Gasteiger partial charge is 0.301 e. The van der Waals surface area contributed by atoms with Gasteiger partial charge < -0.3 is 4.55 Å². The van der Waals surface area contributed by atoms with E-state index in [0.717, 1.165) is 12.1 Å². The molecule has 0 bridgehead atoms. The van der Waals surface area contributed by atoms with Gasteiger partial charge in [-0.05, 0) is 12.1 Å². The second-order valence-corrected chi connectivity index (χ2v) is 5.99. The maximum atomic E-state index is 13.2. The van der Waals surface area contributed by atoms with Crippen molar-refractivity contribution in [3.8, 4) is 0 Å². The number of nitrogens with one attached hydrogen (secondary N) is 1. The zero-order valence-corrected chi connectivity index (χ0v) is 10.5. The van der Waals surface area contributed by atoms with Crippen LogP contribution in [0.5, 0.6) is 0 Å². The lowest BCUT2D eigenvalue weighted by Crippen LogP contribution is -2.51. The molecule has 108 valence electrons. The van der Waals surface area contributed by atoms with Gasteiger partial charge in [0.05, 0.1) is 0 Å². The van der Waals surface area contributed by atoms with Gasteiger partial charge in [0, 0.05) is 5.69 Å². The van der Waals surface area contributed by atoms with Crippen LogP contribution in [0.25, 0.3) is 0 Å². The van der Waals surface area contributed by atoms with Gasteiger partial charge in [-0.2, -0.15) is 26.0 Å². The second-order valence-electron chi connectivity index (χ2n) is 3.25. The van der Waals surface area contributed by atoms with Gasteiger partial charge in [0.25, 0.3) is 0 Å². The minimum atomic E-state index is -5.90. The number of benzene rings is 1. The molecule has 0 aliphatic carbocycles. The van der Waals surface area contributed by atoms with Crippen molar-refractivity contribution in [2.24, 2.45) is 0 Å². The van der Waals surface area contributed by atoms with Crippen LogP contribution < -0.4 is 4.72 Å². The highest BCUT2D eigenvalue weighted by Gasteiger charge is 2.70. The first-order valence-electron chi connectivity index (χ1n) is 4.46. The molecule has 19 heavy (non-hydrogen) atoms. The zero-order chi connectivity index (χ0) is 14.9. The Kier molecular flexibility index (Phi) is 4.22. The van der Waals surface area contributed by atoms with E-state index in [0.29, 0.717) is 0 Å². The maximum Gasteiger partial charge on any atom is 0.440 e. The molecule has 0 heterocycles. The predicted octanol–water partition coefficient (Wildman–Crippen LogP) is 1.84. The molecule has 0 aliphatic rings. The first-order valence-corrected chi connectivity index (χ1v) is 7.05. The van der Waals surface area contributed by atoms with E-state index in [4.69, 9.17) is 4.55 Å². The molecule has 1 unspecified atom stereocenters. The van der Waals surface area contributed by atoms with Crippen molar-refractivity contribution in [3.05, 3.63) is 30.3 Å². The van der Waals surface area contributed by atoms with E-state index in [1.807, 2.05) is 0 Å². The summed E-state index contributed by atoms with van der Waals surface area (Å²) in [5.41, 5.74) is -0.387. The lowest BCUT2D eigenvalue weighted by atomic mass is 10.3. The molecule has 2 N–H and O–H groups in total. The topological polar surface area (TPSA) is 83.5 Å². The van der Waals surface area contributed by atoms with Gasteiger partial charge in [-0.25, -0.2) is 4.21 Å². The zero-order valence-electron chi connectivity index (χ0n) is 8.89. The fourth-order valence-corrected chi connectivity index (χ4v) is 2.62. The summed E-state index contributed by atoms with van der Waals surface area (Å²) in [6, 6.07) is 6.08. The number of halogens is 4. The van der Waals surface area contributed by atoms with Gasteiger partial charge in [-0.3, -0.25) is 4.72 Å². The van der Waals surface area contributed by atoms with E-state index in [2.05, 4.69) is 0 Å². The Labute approximate surface area is 108 Å². The molecule has 0 fully saturated rings. The van der Waals surface area contributed by atoms with Gasteiger partial charge in [0.2, 0.25) is 11.1 Å². The van der Waals surface area contributed by atoms with Gasteiger partial charge in [-0.15, -0.1) is 0 Å². The number of anilines is 1. The number of rotatable bonds is 5. The van der Waals surface area contributed by atoms with Crippen LogP contribution in [0.2, 0.25) is 0 Å². The van der Waals surface area contributed by atoms with Crippen LogP contribution in [0, 0.1) is 0 Å². The maximum absolute atomic E-state index is 13.2. The Bertz CT molecular complexity index is 576. The monoisotopic (exact) mass is 321 g/mol. The van der Waals surface area contributed by atoms with E-state index in [1.165, 1.54) is 22.9 Å². The fourth-order valence-electron chi connectivity index (χ4n) is 0.984.